The summed E-state index contributed by atoms with van der Waals surface area (Å²) in [6, 6.07) is 9.77. The van der Waals surface area contributed by atoms with Gasteiger partial charge in [0.05, 0.1) is 0 Å². The molecular weight excluding hydrogens is 297 g/mol. The van der Waals surface area contributed by atoms with Gasteiger partial charge in [-0.05, 0) is 47.6 Å². The van der Waals surface area contributed by atoms with E-state index < -0.39 is 17.5 Å². The minimum absolute atomic E-state index is 0.361. The van der Waals surface area contributed by atoms with Crippen molar-refractivity contribution in [3.05, 3.63) is 59.4 Å². The van der Waals surface area contributed by atoms with Crippen molar-refractivity contribution < 1.29 is 13.2 Å². The first-order valence-corrected chi connectivity index (χ1v) is 8.37. The topological polar surface area (TPSA) is 0 Å². The molecule has 23 heavy (non-hydrogen) atoms. The molecule has 1 saturated carbocycles. The first kappa shape index (κ1) is 16.1. The smallest absolute Gasteiger partial charge is 0.194 e. The number of aryl methyl sites for hydroxylation is 1. The van der Waals surface area contributed by atoms with Gasteiger partial charge in [-0.2, -0.15) is 0 Å². The van der Waals surface area contributed by atoms with Crippen LogP contribution in [0.5, 0.6) is 0 Å². The van der Waals surface area contributed by atoms with E-state index in [0.29, 0.717) is 11.1 Å². The van der Waals surface area contributed by atoms with Gasteiger partial charge in [-0.15, -0.1) is 0 Å². The summed E-state index contributed by atoms with van der Waals surface area (Å²) in [5, 5.41) is 0. The third-order valence-corrected chi connectivity index (χ3v) is 4.84. The number of halogens is 3. The number of hydrogen-bond donors (Lipinski definition) is 0. The average Bonchev–Trinajstić information content (AvgIpc) is 2.59. The highest BCUT2D eigenvalue weighted by molar-refractivity contribution is 5.63. The van der Waals surface area contributed by atoms with Gasteiger partial charge in [-0.1, -0.05) is 56.4 Å². The largest absolute Gasteiger partial charge is 0.204 e. The van der Waals surface area contributed by atoms with E-state index in [1.807, 2.05) is 24.3 Å². The molecule has 0 aromatic heterocycles. The van der Waals surface area contributed by atoms with Gasteiger partial charge in [-0.25, -0.2) is 13.2 Å². The maximum absolute atomic E-state index is 13.3. The predicted molar refractivity (Wildman–Crippen MR) is 86.6 cm³/mol. The molecule has 0 spiro atoms. The molecule has 0 unspecified atom stereocenters. The summed E-state index contributed by atoms with van der Waals surface area (Å²) in [6.07, 6.45) is 9.00. The van der Waals surface area contributed by atoms with E-state index >= 15 is 0 Å². The lowest BCUT2D eigenvalue weighted by Crippen LogP contribution is -2.07. The molecule has 0 N–H and O–H groups in total. The minimum atomic E-state index is -1.42. The lowest BCUT2D eigenvalue weighted by molar-refractivity contribution is 0.339. The summed E-state index contributed by atoms with van der Waals surface area (Å²) < 4.78 is 39.7. The molecule has 1 aliphatic carbocycles. The fourth-order valence-corrected chi connectivity index (χ4v) is 3.43. The fraction of sp³-hybridized carbons (Fsp3) is 0.400. The second-order valence-electron chi connectivity index (χ2n) is 6.49. The van der Waals surface area contributed by atoms with Crippen LogP contribution in [0.15, 0.2) is 36.4 Å². The van der Waals surface area contributed by atoms with Crippen molar-refractivity contribution >= 4 is 0 Å². The molecule has 0 aliphatic heterocycles. The van der Waals surface area contributed by atoms with Crippen LogP contribution < -0.4 is 0 Å². The molecule has 2 aromatic rings. The Morgan fingerprint density at radius 3 is 2.00 bits per heavy atom. The minimum Gasteiger partial charge on any atom is -0.204 e. The monoisotopic (exact) mass is 318 g/mol. The van der Waals surface area contributed by atoms with Crippen LogP contribution in [0.2, 0.25) is 0 Å². The molecule has 0 heterocycles. The van der Waals surface area contributed by atoms with Crippen LogP contribution in [0.4, 0.5) is 13.2 Å². The summed E-state index contributed by atoms with van der Waals surface area (Å²) in [5.41, 5.74) is 2.30. The van der Waals surface area contributed by atoms with Crippen LogP contribution in [-0.2, 0) is 6.42 Å². The van der Waals surface area contributed by atoms with Gasteiger partial charge < -0.3 is 0 Å². The lowest BCUT2D eigenvalue weighted by Gasteiger charge is -2.21. The number of rotatable bonds is 4. The Balaban J connectivity index is 1.67. The molecule has 0 radical (unpaired) electrons. The summed E-state index contributed by atoms with van der Waals surface area (Å²) >= 11 is 0. The Kier molecular flexibility index (Phi) is 5.04. The van der Waals surface area contributed by atoms with Gasteiger partial charge in [0.15, 0.2) is 17.5 Å². The van der Waals surface area contributed by atoms with Gasteiger partial charge in [-0.3, -0.25) is 0 Å². The van der Waals surface area contributed by atoms with Crippen molar-refractivity contribution in [3.63, 3.8) is 0 Å². The first-order valence-electron chi connectivity index (χ1n) is 8.37. The van der Waals surface area contributed by atoms with Crippen LogP contribution in [0, 0.1) is 23.4 Å². The third kappa shape index (κ3) is 3.95. The second kappa shape index (κ2) is 7.20. The number of benzene rings is 2. The standard InChI is InChI=1S/C20H21F3/c21-18-12-17(13-19(22)20(18)23)16-10-8-15(9-11-16)7-6-14-4-2-1-3-5-14/h8-14H,1-7H2. The van der Waals surface area contributed by atoms with E-state index in [2.05, 4.69) is 0 Å². The maximum atomic E-state index is 13.3. The predicted octanol–water partition coefficient (Wildman–Crippen LogP) is 6.28. The molecule has 1 fully saturated rings. The van der Waals surface area contributed by atoms with E-state index in [1.165, 1.54) is 44.1 Å². The van der Waals surface area contributed by atoms with Gasteiger partial charge in [0, 0.05) is 0 Å². The quantitative estimate of drug-likeness (QED) is 0.582. The number of hydrogen-bond acceptors (Lipinski definition) is 0. The Morgan fingerprint density at radius 2 is 1.39 bits per heavy atom. The molecule has 122 valence electrons. The Hall–Kier alpha value is -1.77. The summed E-state index contributed by atoms with van der Waals surface area (Å²) in [7, 11) is 0. The molecule has 0 saturated heterocycles. The van der Waals surface area contributed by atoms with E-state index in [9.17, 15) is 13.2 Å². The molecular formula is C20H21F3. The van der Waals surface area contributed by atoms with Crippen molar-refractivity contribution in [3.8, 4) is 11.1 Å². The molecule has 0 nitrogen and oxygen atoms in total. The lowest BCUT2D eigenvalue weighted by atomic mass is 9.85. The highest BCUT2D eigenvalue weighted by atomic mass is 19.2. The van der Waals surface area contributed by atoms with Crippen LogP contribution in [0.25, 0.3) is 11.1 Å². The zero-order valence-electron chi connectivity index (χ0n) is 13.1. The van der Waals surface area contributed by atoms with Gasteiger partial charge >= 0.3 is 0 Å². The van der Waals surface area contributed by atoms with E-state index in [4.69, 9.17) is 0 Å². The maximum Gasteiger partial charge on any atom is 0.194 e. The van der Waals surface area contributed by atoms with Crippen LogP contribution in [-0.4, -0.2) is 0 Å². The fourth-order valence-electron chi connectivity index (χ4n) is 3.43. The van der Waals surface area contributed by atoms with Gasteiger partial charge in [0.2, 0.25) is 0 Å². The Bertz CT molecular complexity index is 632. The van der Waals surface area contributed by atoms with Gasteiger partial charge in [0.25, 0.3) is 0 Å². The van der Waals surface area contributed by atoms with E-state index in [1.54, 1.807) is 0 Å². The molecule has 0 atom stereocenters. The SMILES string of the molecule is Fc1cc(-c2ccc(CCC3CCCCC3)cc2)cc(F)c1F. The highest BCUT2D eigenvalue weighted by Gasteiger charge is 2.14. The van der Waals surface area contributed by atoms with Crippen molar-refractivity contribution in [1.82, 2.24) is 0 Å². The second-order valence-corrected chi connectivity index (χ2v) is 6.49. The molecule has 3 heteroatoms. The van der Waals surface area contributed by atoms with Crippen molar-refractivity contribution in [1.29, 1.82) is 0 Å². The van der Waals surface area contributed by atoms with Crippen molar-refractivity contribution in [2.75, 3.05) is 0 Å². The molecule has 1 aliphatic rings. The van der Waals surface area contributed by atoms with Crippen LogP contribution >= 0.6 is 0 Å². The highest BCUT2D eigenvalue weighted by Crippen LogP contribution is 2.28. The van der Waals surface area contributed by atoms with Crippen molar-refractivity contribution in [2.45, 2.75) is 44.9 Å². The van der Waals surface area contributed by atoms with Crippen LogP contribution in [0.1, 0.15) is 44.1 Å². The summed E-state index contributed by atoms with van der Waals surface area (Å²) in [4.78, 5) is 0. The van der Waals surface area contributed by atoms with E-state index in [-0.39, 0.29) is 0 Å². The summed E-state index contributed by atoms with van der Waals surface area (Å²) in [6.45, 7) is 0. The zero-order chi connectivity index (χ0) is 16.2. The molecule has 3 rings (SSSR count). The zero-order valence-corrected chi connectivity index (χ0v) is 13.1. The Labute approximate surface area is 135 Å². The molecule has 0 amide bonds. The van der Waals surface area contributed by atoms with E-state index in [0.717, 1.165) is 24.5 Å². The third-order valence-electron chi connectivity index (χ3n) is 4.84. The first-order chi connectivity index (χ1) is 11.1. The Morgan fingerprint density at radius 1 is 0.783 bits per heavy atom. The summed E-state index contributed by atoms with van der Waals surface area (Å²) in [5.74, 6) is -2.88. The molecule has 2 aromatic carbocycles. The average molecular weight is 318 g/mol. The van der Waals surface area contributed by atoms with Crippen LogP contribution in [0.3, 0.4) is 0 Å². The van der Waals surface area contributed by atoms with Gasteiger partial charge in [0.1, 0.15) is 0 Å². The molecule has 0 bridgehead atoms. The normalized spacial score (nSPS) is 15.8. The van der Waals surface area contributed by atoms with Crippen molar-refractivity contribution in [2.24, 2.45) is 5.92 Å².